The molecule has 0 fully saturated rings. The Morgan fingerprint density at radius 2 is 1.95 bits per heavy atom. The maximum atomic E-state index is 5.51. The van der Waals surface area contributed by atoms with Crippen molar-refractivity contribution < 1.29 is 9.47 Å². The van der Waals surface area contributed by atoms with Crippen molar-refractivity contribution >= 4 is 29.9 Å². The van der Waals surface area contributed by atoms with Crippen molar-refractivity contribution in [2.45, 2.75) is 33.2 Å². The van der Waals surface area contributed by atoms with E-state index < -0.39 is 0 Å². The highest BCUT2D eigenvalue weighted by molar-refractivity contribution is 14.0. The summed E-state index contributed by atoms with van der Waals surface area (Å²) in [5.74, 6) is 2.34. The molecule has 1 aromatic carbocycles. The van der Waals surface area contributed by atoms with Crippen LogP contribution in [0.3, 0.4) is 0 Å². The van der Waals surface area contributed by atoms with Gasteiger partial charge in [-0.1, -0.05) is 19.4 Å². The zero-order valence-corrected chi connectivity index (χ0v) is 16.3. The first-order chi connectivity index (χ1) is 10.2. The van der Waals surface area contributed by atoms with Gasteiger partial charge in [0.2, 0.25) is 0 Å². The monoisotopic (exact) mass is 421 g/mol. The third kappa shape index (κ3) is 7.20. The number of nitrogens with one attached hydrogen (secondary N) is 2. The molecule has 2 N–H and O–H groups in total. The third-order valence-electron chi connectivity index (χ3n) is 3.03. The minimum Gasteiger partial charge on any atom is -0.493 e. The fourth-order valence-corrected chi connectivity index (χ4v) is 1.89. The second kappa shape index (κ2) is 12.4. The molecule has 0 aliphatic rings. The molecule has 0 amide bonds. The van der Waals surface area contributed by atoms with Crippen LogP contribution in [0.4, 0.5) is 0 Å². The van der Waals surface area contributed by atoms with E-state index in [2.05, 4.69) is 22.5 Å². The summed E-state index contributed by atoms with van der Waals surface area (Å²) in [6.45, 7) is 6.38. The molecule has 5 nitrogen and oxygen atoms in total. The van der Waals surface area contributed by atoms with Gasteiger partial charge in [-0.25, -0.2) is 0 Å². The highest BCUT2D eigenvalue weighted by Gasteiger charge is 2.05. The van der Waals surface area contributed by atoms with Crippen LogP contribution in [-0.2, 0) is 6.54 Å². The topological polar surface area (TPSA) is 54.9 Å². The van der Waals surface area contributed by atoms with Gasteiger partial charge >= 0.3 is 0 Å². The van der Waals surface area contributed by atoms with E-state index in [1.165, 1.54) is 6.42 Å². The van der Waals surface area contributed by atoms with Crippen molar-refractivity contribution in [1.29, 1.82) is 0 Å². The quantitative estimate of drug-likeness (QED) is 0.293. The van der Waals surface area contributed by atoms with E-state index in [9.17, 15) is 0 Å². The average molecular weight is 421 g/mol. The van der Waals surface area contributed by atoms with Crippen molar-refractivity contribution in [3.05, 3.63) is 23.8 Å². The number of methoxy groups -OCH3 is 1. The maximum absolute atomic E-state index is 5.51. The molecule has 0 heterocycles. The summed E-state index contributed by atoms with van der Waals surface area (Å²) in [6.07, 6.45) is 2.30. The molecule has 22 heavy (non-hydrogen) atoms. The van der Waals surface area contributed by atoms with Gasteiger partial charge in [0.15, 0.2) is 17.5 Å². The van der Waals surface area contributed by atoms with Crippen molar-refractivity contribution in [2.75, 3.05) is 27.3 Å². The molecule has 0 aliphatic carbocycles. The fourth-order valence-electron chi connectivity index (χ4n) is 1.89. The van der Waals surface area contributed by atoms with Gasteiger partial charge in [0.25, 0.3) is 0 Å². The highest BCUT2D eigenvalue weighted by atomic mass is 127. The maximum Gasteiger partial charge on any atom is 0.191 e. The van der Waals surface area contributed by atoms with Gasteiger partial charge in [0.1, 0.15) is 0 Å². The number of unbranched alkanes of at least 4 members (excludes halogenated alkanes) is 1. The zero-order valence-electron chi connectivity index (χ0n) is 13.9. The number of halogens is 1. The Morgan fingerprint density at radius 3 is 2.55 bits per heavy atom. The van der Waals surface area contributed by atoms with Crippen molar-refractivity contribution in [3.63, 3.8) is 0 Å². The van der Waals surface area contributed by atoms with Gasteiger partial charge in [-0.05, 0) is 31.0 Å². The molecule has 1 rings (SSSR count). The van der Waals surface area contributed by atoms with E-state index in [-0.39, 0.29) is 24.0 Å². The minimum atomic E-state index is 0. The van der Waals surface area contributed by atoms with Crippen LogP contribution in [0.1, 0.15) is 32.3 Å². The van der Waals surface area contributed by atoms with E-state index in [0.717, 1.165) is 36.0 Å². The van der Waals surface area contributed by atoms with Gasteiger partial charge in [0, 0.05) is 20.1 Å². The third-order valence-corrected chi connectivity index (χ3v) is 3.03. The normalized spacial score (nSPS) is 10.6. The summed E-state index contributed by atoms with van der Waals surface area (Å²) in [4.78, 5) is 4.20. The minimum absolute atomic E-state index is 0. The lowest BCUT2D eigenvalue weighted by Crippen LogP contribution is -2.37. The lowest BCUT2D eigenvalue weighted by Gasteiger charge is -2.13. The predicted octanol–water partition coefficient (Wildman–Crippen LogP) is 3.18. The lowest BCUT2D eigenvalue weighted by molar-refractivity contribution is 0.310. The van der Waals surface area contributed by atoms with Crippen LogP contribution in [0.5, 0.6) is 11.5 Å². The van der Waals surface area contributed by atoms with Gasteiger partial charge in [-0.2, -0.15) is 0 Å². The van der Waals surface area contributed by atoms with Gasteiger partial charge < -0.3 is 20.1 Å². The number of rotatable bonds is 8. The first kappa shape index (κ1) is 20.8. The summed E-state index contributed by atoms with van der Waals surface area (Å²) in [7, 11) is 3.43. The molecular formula is C16H28IN3O2. The largest absolute Gasteiger partial charge is 0.493 e. The number of hydrogen-bond acceptors (Lipinski definition) is 3. The van der Waals surface area contributed by atoms with E-state index in [1.807, 2.05) is 25.1 Å². The molecule has 0 saturated heterocycles. The Labute approximate surface area is 150 Å². The molecule has 1 aromatic rings. The van der Waals surface area contributed by atoms with E-state index in [4.69, 9.17) is 9.47 Å². The van der Waals surface area contributed by atoms with Crippen LogP contribution in [0.15, 0.2) is 23.2 Å². The SMILES string of the molecule is CCCCNC(=NC)NCc1ccc(OCC)c(OC)c1.I. The number of guanidine groups is 1. The molecule has 0 unspecified atom stereocenters. The first-order valence-electron chi connectivity index (χ1n) is 7.49. The number of nitrogens with zero attached hydrogens (tertiary/aromatic N) is 1. The molecule has 0 aliphatic heterocycles. The Morgan fingerprint density at radius 1 is 1.18 bits per heavy atom. The molecule has 0 aromatic heterocycles. The summed E-state index contributed by atoms with van der Waals surface area (Å²) in [5.41, 5.74) is 1.12. The highest BCUT2D eigenvalue weighted by Crippen LogP contribution is 2.27. The van der Waals surface area contributed by atoms with E-state index in [0.29, 0.717) is 13.2 Å². The molecule has 0 radical (unpaired) electrons. The van der Waals surface area contributed by atoms with Gasteiger partial charge in [-0.15, -0.1) is 24.0 Å². The fraction of sp³-hybridized carbons (Fsp3) is 0.562. The number of hydrogen-bond donors (Lipinski definition) is 2. The summed E-state index contributed by atoms with van der Waals surface area (Å²) < 4.78 is 10.9. The van der Waals surface area contributed by atoms with E-state index in [1.54, 1.807) is 14.2 Å². The molecule has 0 bridgehead atoms. The summed E-state index contributed by atoms with van der Waals surface area (Å²) in [5, 5.41) is 6.57. The summed E-state index contributed by atoms with van der Waals surface area (Å²) in [6, 6.07) is 5.95. The molecule has 6 heteroatoms. The Balaban J connectivity index is 0.00000441. The number of ether oxygens (including phenoxy) is 2. The second-order valence-corrected chi connectivity index (χ2v) is 4.62. The van der Waals surface area contributed by atoms with Crippen LogP contribution in [0, 0.1) is 0 Å². The molecule has 0 atom stereocenters. The van der Waals surface area contributed by atoms with E-state index >= 15 is 0 Å². The lowest BCUT2D eigenvalue weighted by atomic mass is 10.2. The second-order valence-electron chi connectivity index (χ2n) is 4.62. The standard InChI is InChI=1S/C16H27N3O2.HI/c1-5-7-10-18-16(17-3)19-12-13-8-9-14(21-6-2)15(11-13)20-4;/h8-9,11H,5-7,10,12H2,1-4H3,(H2,17,18,19);1H. The Kier molecular flexibility index (Phi) is 11.7. The van der Waals surface area contributed by atoms with Crippen LogP contribution >= 0.6 is 24.0 Å². The van der Waals surface area contributed by atoms with Crippen LogP contribution in [-0.4, -0.2) is 33.3 Å². The average Bonchev–Trinajstić information content (AvgIpc) is 2.52. The first-order valence-corrected chi connectivity index (χ1v) is 7.49. The molecule has 126 valence electrons. The predicted molar refractivity (Wildman–Crippen MR) is 103 cm³/mol. The Bertz CT molecular complexity index is 453. The van der Waals surface area contributed by atoms with Crippen molar-refractivity contribution in [3.8, 4) is 11.5 Å². The van der Waals surface area contributed by atoms with Crippen LogP contribution < -0.4 is 20.1 Å². The molecule has 0 saturated carbocycles. The number of aliphatic imine (C=N–C) groups is 1. The Hall–Kier alpha value is -1.18. The van der Waals surface area contributed by atoms with Crippen LogP contribution in [0.25, 0.3) is 0 Å². The molecule has 0 spiro atoms. The van der Waals surface area contributed by atoms with Crippen molar-refractivity contribution in [2.24, 2.45) is 4.99 Å². The zero-order chi connectivity index (χ0) is 15.5. The van der Waals surface area contributed by atoms with Crippen LogP contribution in [0.2, 0.25) is 0 Å². The summed E-state index contributed by atoms with van der Waals surface area (Å²) >= 11 is 0. The van der Waals surface area contributed by atoms with Gasteiger partial charge in [0.05, 0.1) is 13.7 Å². The van der Waals surface area contributed by atoms with Gasteiger partial charge in [-0.3, -0.25) is 4.99 Å². The molecular weight excluding hydrogens is 393 g/mol. The smallest absolute Gasteiger partial charge is 0.191 e. The van der Waals surface area contributed by atoms with Crippen molar-refractivity contribution in [1.82, 2.24) is 10.6 Å². The number of benzene rings is 1.